The van der Waals surface area contributed by atoms with E-state index in [9.17, 15) is 19.8 Å². The fourth-order valence-corrected chi connectivity index (χ4v) is 5.42. The highest BCUT2D eigenvalue weighted by molar-refractivity contribution is 5.69. The Labute approximate surface area is 220 Å². The summed E-state index contributed by atoms with van der Waals surface area (Å²) in [4.78, 5) is 28.2. The van der Waals surface area contributed by atoms with Gasteiger partial charge in [-0.15, -0.1) is 0 Å². The summed E-state index contributed by atoms with van der Waals surface area (Å²) < 4.78 is 0. The summed E-state index contributed by atoms with van der Waals surface area (Å²) >= 11 is 0. The molecule has 1 aliphatic heterocycles. The van der Waals surface area contributed by atoms with Crippen molar-refractivity contribution in [2.75, 3.05) is 39.3 Å². The van der Waals surface area contributed by atoms with Crippen molar-refractivity contribution < 1.29 is 19.8 Å². The van der Waals surface area contributed by atoms with Crippen LogP contribution >= 0.6 is 0 Å². The quantitative estimate of drug-likeness (QED) is 0.314. The Morgan fingerprint density at radius 2 is 0.972 bits per heavy atom. The minimum atomic E-state index is -0.790. The zero-order valence-electron chi connectivity index (χ0n) is 24.3. The third-order valence-corrected chi connectivity index (χ3v) is 8.92. The summed E-state index contributed by atoms with van der Waals surface area (Å²) in [6, 6.07) is 0.431. The summed E-state index contributed by atoms with van der Waals surface area (Å²) in [5.74, 6) is -0.180. The molecular formula is C28H56N4O4. The van der Waals surface area contributed by atoms with Gasteiger partial charge in [0.15, 0.2) is 0 Å². The van der Waals surface area contributed by atoms with E-state index in [1.54, 1.807) is 0 Å². The van der Waals surface area contributed by atoms with E-state index in [0.717, 1.165) is 25.7 Å². The van der Waals surface area contributed by atoms with Crippen LogP contribution in [0.5, 0.6) is 0 Å². The summed E-state index contributed by atoms with van der Waals surface area (Å²) in [5, 5.41) is 27.2. The predicted molar refractivity (Wildman–Crippen MR) is 147 cm³/mol. The molecule has 0 aromatic heterocycles. The Morgan fingerprint density at radius 3 is 1.22 bits per heavy atom. The monoisotopic (exact) mass is 512 g/mol. The molecule has 0 aliphatic carbocycles. The van der Waals surface area contributed by atoms with E-state index in [-0.39, 0.29) is 37.3 Å². The third-order valence-electron chi connectivity index (χ3n) is 8.92. The summed E-state index contributed by atoms with van der Waals surface area (Å²) in [6.45, 7) is 20.3. The Morgan fingerprint density at radius 1 is 0.667 bits per heavy atom. The number of hydrogen-bond acceptors (Lipinski definition) is 6. The molecular weight excluding hydrogens is 456 g/mol. The largest absolute Gasteiger partial charge is 0.480 e. The van der Waals surface area contributed by atoms with E-state index >= 15 is 0 Å². The van der Waals surface area contributed by atoms with E-state index in [2.05, 4.69) is 75.8 Å². The molecule has 4 N–H and O–H groups in total. The number of aliphatic carboxylic acids is 2. The first-order valence-electron chi connectivity index (χ1n) is 14.4. The standard InChI is InChI=1S/C28H56N4O4/c1-9-19(5)23-15-31(17-27(33)34)26(22(8)12-4)14-30-24(20(6)10-2)16-32(18-28(35)36)25(13-29-23)21(7)11-3/h19-26,29-30H,9-18H2,1-8H3,(H,33,34)(H,35,36)/t19-,20-,21-,22-,23-,24-,25-,26+/m1/s1. The van der Waals surface area contributed by atoms with Gasteiger partial charge in [-0.25, -0.2) is 0 Å². The molecule has 0 spiro atoms. The maximum Gasteiger partial charge on any atom is 0.317 e. The highest BCUT2D eigenvalue weighted by atomic mass is 16.4. The molecule has 36 heavy (non-hydrogen) atoms. The van der Waals surface area contributed by atoms with Crippen molar-refractivity contribution in [2.24, 2.45) is 23.7 Å². The first kappa shape index (κ1) is 32.8. The van der Waals surface area contributed by atoms with Gasteiger partial charge in [0.2, 0.25) is 0 Å². The molecule has 0 saturated carbocycles. The molecule has 212 valence electrons. The van der Waals surface area contributed by atoms with E-state index in [1.807, 2.05) is 0 Å². The van der Waals surface area contributed by atoms with Gasteiger partial charge in [-0.1, -0.05) is 81.1 Å². The van der Waals surface area contributed by atoms with Gasteiger partial charge in [-0.2, -0.15) is 0 Å². The molecule has 8 atom stereocenters. The van der Waals surface area contributed by atoms with Gasteiger partial charge in [-0.05, 0) is 23.7 Å². The number of nitrogens with one attached hydrogen (secondary N) is 2. The van der Waals surface area contributed by atoms with Gasteiger partial charge in [0, 0.05) is 50.3 Å². The Bertz CT molecular complexity index is 595. The van der Waals surface area contributed by atoms with Gasteiger partial charge in [-0.3, -0.25) is 19.4 Å². The lowest BCUT2D eigenvalue weighted by Gasteiger charge is -2.44. The van der Waals surface area contributed by atoms with Crippen LogP contribution < -0.4 is 10.6 Å². The zero-order valence-corrected chi connectivity index (χ0v) is 24.3. The molecule has 0 radical (unpaired) electrons. The lowest BCUT2D eigenvalue weighted by molar-refractivity contribution is -0.140. The first-order chi connectivity index (χ1) is 17.0. The van der Waals surface area contributed by atoms with E-state index < -0.39 is 11.9 Å². The topological polar surface area (TPSA) is 105 Å². The predicted octanol–water partition coefficient (Wildman–Crippen LogP) is 3.61. The van der Waals surface area contributed by atoms with Gasteiger partial charge in [0.05, 0.1) is 13.1 Å². The SMILES string of the molecule is CC[C@@H](C)[C@H]1CN[C@@H]([C@H](C)CC)CN(CC(=O)O)[C@H]([C@H](C)CC)CN[C@@H]([C@H](C)CC)CN1CC(=O)O. The number of hydrogen-bond donors (Lipinski definition) is 4. The van der Waals surface area contributed by atoms with Crippen LogP contribution in [-0.4, -0.2) is 95.4 Å². The molecule has 0 amide bonds. The molecule has 8 heteroatoms. The van der Waals surface area contributed by atoms with Crippen molar-refractivity contribution in [1.82, 2.24) is 20.4 Å². The highest BCUT2D eigenvalue weighted by Crippen LogP contribution is 2.22. The lowest BCUT2D eigenvalue weighted by Crippen LogP contribution is -2.61. The Kier molecular flexibility index (Phi) is 15.1. The Balaban J connectivity index is 3.53. The summed E-state index contributed by atoms with van der Waals surface area (Å²) in [7, 11) is 0. The molecule has 0 aromatic rings. The van der Waals surface area contributed by atoms with Crippen LogP contribution in [0.4, 0.5) is 0 Å². The second-order valence-electron chi connectivity index (χ2n) is 11.4. The van der Waals surface area contributed by atoms with Gasteiger partial charge in [0.1, 0.15) is 0 Å². The van der Waals surface area contributed by atoms with Crippen LogP contribution in [0, 0.1) is 23.7 Å². The van der Waals surface area contributed by atoms with E-state index in [4.69, 9.17) is 0 Å². The first-order valence-corrected chi connectivity index (χ1v) is 14.4. The number of nitrogens with zero attached hydrogens (tertiary/aromatic N) is 2. The smallest absolute Gasteiger partial charge is 0.317 e. The van der Waals surface area contributed by atoms with Crippen LogP contribution in [0.1, 0.15) is 81.1 Å². The minimum Gasteiger partial charge on any atom is -0.480 e. The molecule has 0 bridgehead atoms. The molecule has 1 heterocycles. The average Bonchev–Trinajstić information content (AvgIpc) is 2.83. The second-order valence-corrected chi connectivity index (χ2v) is 11.4. The Hall–Kier alpha value is -1.22. The van der Waals surface area contributed by atoms with Crippen LogP contribution in [0.25, 0.3) is 0 Å². The average molecular weight is 513 g/mol. The third kappa shape index (κ3) is 10.3. The van der Waals surface area contributed by atoms with Gasteiger partial charge >= 0.3 is 11.9 Å². The molecule has 1 fully saturated rings. The van der Waals surface area contributed by atoms with Crippen molar-refractivity contribution in [2.45, 2.75) is 105 Å². The number of carboxylic acids is 2. The van der Waals surface area contributed by atoms with Crippen LogP contribution in [0.3, 0.4) is 0 Å². The van der Waals surface area contributed by atoms with Gasteiger partial charge in [0.25, 0.3) is 0 Å². The van der Waals surface area contributed by atoms with E-state index in [1.165, 1.54) is 0 Å². The zero-order chi connectivity index (χ0) is 27.4. The van der Waals surface area contributed by atoms with E-state index in [0.29, 0.717) is 49.9 Å². The van der Waals surface area contributed by atoms with Crippen molar-refractivity contribution in [3.63, 3.8) is 0 Å². The fourth-order valence-electron chi connectivity index (χ4n) is 5.42. The van der Waals surface area contributed by atoms with Crippen molar-refractivity contribution >= 4 is 11.9 Å². The molecule has 8 nitrogen and oxygen atoms in total. The van der Waals surface area contributed by atoms with Crippen molar-refractivity contribution in [3.05, 3.63) is 0 Å². The fraction of sp³-hybridized carbons (Fsp3) is 0.929. The highest BCUT2D eigenvalue weighted by Gasteiger charge is 2.34. The second kappa shape index (κ2) is 16.6. The van der Waals surface area contributed by atoms with Crippen LogP contribution in [0.2, 0.25) is 0 Å². The van der Waals surface area contributed by atoms with Crippen LogP contribution in [-0.2, 0) is 9.59 Å². The molecule has 1 aliphatic rings. The van der Waals surface area contributed by atoms with Gasteiger partial charge < -0.3 is 20.8 Å². The molecule has 1 rings (SSSR count). The molecule has 0 aromatic carbocycles. The molecule has 1 saturated heterocycles. The van der Waals surface area contributed by atoms with Crippen molar-refractivity contribution in [1.29, 1.82) is 0 Å². The van der Waals surface area contributed by atoms with Crippen molar-refractivity contribution in [3.8, 4) is 0 Å². The number of rotatable bonds is 12. The summed E-state index contributed by atoms with van der Waals surface area (Å²) in [6.07, 6.45) is 3.93. The normalized spacial score (nSPS) is 28.9. The number of carboxylic acid groups (broad SMARTS) is 2. The maximum atomic E-state index is 11.9. The molecule has 0 unspecified atom stereocenters. The summed E-state index contributed by atoms with van der Waals surface area (Å²) in [5.41, 5.74) is 0. The number of carbonyl (C=O) groups is 2. The lowest BCUT2D eigenvalue weighted by atomic mass is 9.90. The van der Waals surface area contributed by atoms with Crippen LogP contribution in [0.15, 0.2) is 0 Å². The maximum absolute atomic E-state index is 11.9. The minimum absolute atomic E-state index is 0.0270.